The van der Waals surface area contributed by atoms with E-state index in [0.29, 0.717) is 12.5 Å². The third kappa shape index (κ3) is 3.62. The summed E-state index contributed by atoms with van der Waals surface area (Å²) in [6, 6.07) is 12.1. The fourth-order valence-corrected chi connectivity index (χ4v) is 3.96. The molecular weight excluding hydrogens is 404 g/mol. The second kappa shape index (κ2) is 7.78. The molecule has 1 fully saturated rings. The Kier molecular flexibility index (Phi) is 4.92. The molecule has 0 unspecified atom stereocenters. The van der Waals surface area contributed by atoms with Gasteiger partial charge in [-0.25, -0.2) is 9.48 Å². The minimum atomic E-state index is -0.274. The Bertz CT molecular complexity index is 1340. The van der Waals surface area contributed by atoms with E-state index in [4.69, 9.17) is 4.74 Å². The van der Waals surface area contributed by atoms with Crippen molar-refractivity contribution in [3.8, 4) is 17.1 Å². The molecule has 0 aliphatic heterocycles. The smallest absolute Gasteiger partial charge is 0.368 e. The first-order valence-electron chi connectivity index (χ1n) is 10.8. The lowest BCUT2D eigenvalue weighted by molar-refractivity contribution is 0.302. The maximum absolute atomic E-state index is 12.5. The van der Waals surface area contributed by atoms with Crippen LogP contribution in [0.5, 0.6) is 5.75 Å². The molecule has 0 bridgehead atoms. The van der Waals surface area contributed by atoms with E-state index in [-0.39, 0.29) is 5.69 Å². The average molecular weight is 431 g/mol. The Balaban J connectivity index is 1.46. The highest BCUT2D eigenvalue weighted by molar-refractivity contribution is 5.49. The summed E-state index contributed by atoms with van der Waals surface area (Å²) in [4.78, 5) is 12.5. The van der Waals surface area contributed by atoms with Gasteiger partial charge in [0.25, 0.3) is 0 Å². The van der Waals surface area contributed by atoms with Gasteiger partial charge in [0.2, 0.25) is 0 Å². The van der Waals surface area contributed by atoms with Crippen LogP contribution in [0.1, 0.15) is 46.7 Å². The van der Waals surface area contributed by atoms with Gasteiger partial charge >= 0.3 is 5.69 Å². The summed E-state index contributed by atoms with van der Waals surface area (Å²) >= 11 is 0. The zero-order chi connectivity index (χ0) is 22.4. The molecule has 164 valence electrons. The number of tetrazole rings is 1. The number of aryl methyl sites for hydroxylation is 4. The fraction of sp³-hybridized carbons (Fsp3) is 0.333. The lowest BCUT2D eigenvalue weighted by Gasteiger charge is -2.16. The lowest BCUT2D eigenvalue weighted by atomic mass is 10.0. The molecule has 2 aromatic heterocycles. The highest BCUT2D eigenvalue weighted by Gasteiger charge is 2.28. The van der Waals surface area contributed by atoms with Gasteiger partial charge < -0.3 is 4.74 Å². The summed E-state index contributed by atoms with van der Waals surface area (Å²) < 4.78 is 10.7. The molecule has 0 saturated heterocycles. The Morgan fingerprint density at radius 3 is 2.50 bits per heavy atom. The third-order valence-corrected chi connectivity index (χ3v) is 6.09. The van der Waals surface area contributed by atoms with Crippen molar-refractivity contribution in [1.29, 1.82) is 0 Å². The predicted molar refractivity (Wildman–Crippen MR) is 121 cm³/mol. The number of hydrogen-bond acceptors (Lipinski definition) is 5. The molecule has 0 atom stereocenters. The number of ether oxygens (including phenoxy) is 1. The van der Waals surface area contributed by atoms with Crippen LogP contribution in [0.2, 0.25) is 0 Å². The number of rotatable bonds is 6. The first-order valence-corrected chi connectivity index (χ1v) is 10.8. The molecule has 8 heteroatoms. The van der Waals surface area contributed by atoms with Crippen LogP contribution in [0, 0.1) is 20.8 Å². The van der Waals surface area contributed by atoms with E-state index in [1.165, 1.54) is 14.9 Å². The molecule has 5 rings (SSSR count). The van der Waals surface area contributed by atoms with E-state index in [0.717, 1.165) is 52.4 Å². The van der Waals surface area contributed by atoms with Crippen LogP contribution in [0.3, 0.4) is 0 Å². The number of nitrogens with zero attached hydrogens (tertiary/aromatic N) is 6. The van der Waals surface area contributed by atoms with Crippen LogP contribution in [0.4, 0.5) is 0 Å². The van der Waals surface area contributed by atoms with Gasteiger partial charge in [0.1, 0.15) is 12.4 Å². The van der Waals surface area contributed by atoms with Gasteiger partial charge in [-0.3, -0.25) is 0 Å². The Morgan fingerprint density at radius 2 is 1.88 bits per heavy atom. The lowest BCUT2D eigenvalue weighted by Crippen LogP contribution is -2.23. The van der Waals surface area contributed by atoms with E-state index >= 15 is 0 Å². The molecule has 4 aromatic rings. The molecule has 2 aromatic carbocycles. The van der Waals surface area contributed by atoms with E-state index in [9.17, 15) is 4.79 Å². The van der Waals surface area contributed by atoms with Gasteiger partial charge in [-0.1, -0.05) is 12.1 Å². The largest absolute Gasteiger partial charge is 0.489 e. The van der Waals surface area contributed by atoms with Gasteiger partial charge in [-0.05, 0) is 90.9 Å². The quantitative estimate of drug-likeness (QED) is 0.468. The first kappa shape index (κ1) is 20.2. The minimum Gasteiger partial charge on any atom is -0.489 e. The van der Waals surface area contributed by atoms with Gasteiger partial charge in [0, 0.05) is 18.8 Å². The molecule has 0 amide bonds. The Morgan fingerprint density at radius 1 is 1.06 bits per heavy atom. The molecular formula is C24H26N6O2. The molecule has 8 nitrogen and oxygen atoms in total. The van der Waals surface area contributed by atoms with E-state index < -0.39 is 0 Å². The number of hydrogen-bond donors (Lipinski definition) is 0. The molecule has 0 spiro atoms. The molecule has 1 aliphatic carbocycles. The molecule has 1 saturated carbocycles. The average Bonchev–Trinajstić information content (AvgIpc) is 3.50. The molecule has 1 aliphatic rings. The summed E-state index contributed by atoms with van der Waals surface area (Å²) in [5.74, 6) is 1.31. The highest BCUT2D eigenvalue weighted by Crippen LogP contribution is 2.43. The SMILES string of the molecule is Cc1cc(-n2cc(C)c(C)n2)ccc1OCc1c(C2CC2)cccc1-n1nnn(C)c1=O. The van der Waals surface area contributed by atoms with Crippen LogP contribution < -0.4 is 10.4 Å². The maximum atomic E-state index is 12.5. The van der Waals surface area contributed by atoms with Crippen molar-refractivity contribution < 1.29 is 4.74 Å². The highest BCUT2D eigenvalue weighted by atomic mass is 16.5. The second-order valence-corrected chi connectivity index (χ2v) is 8.50. The van der Waals surface area contributed by atoms with Gasteiger partial charge in [-0.15, -0.1) is 0 Å². The van der Waals surface area contributed by atoms with Crippen molar-refractivity contribution in [2.45, 2.75) is 46.1 Å². The second-order valence-electron chi connectivity index (χ2n) is 8.50. The van der Waals surface area contributed by atoms with Gasteiger partial charge in [0.15, 0.2) is 0 Å². The zero-order valence-electron chi connectivity index (χ0n) is 18.7. The predicted octanol–water partition coefficient (Wildman–Crippen LogP) is 3.53. The van der Waals surface area contributed by atoms with Crippen molar-refractivity contribution in [3.05, 3.63) is 81.0 Å². The Hall–Kier alpha value is -3.68. The van der Waals surface area contributed by atoms with E-state index in [1.807, 2.05) is 49.0 Å². The monoisotopic (exact) mass is 430 g/mol. The standard InChI is InChI=1S/C24H26N6O2/c1-15-12-19(29-13-16(2)17(3)25-29)10-11-23(15)32-14-21-20(18-8-9-18)6-5-7-22(21)30-24(31)28(4)26-27-30/h5-7,10-13,18H,8-9,14H2,1-4H3. The molecule has 2 heterocycles. The summed E-state index contributed by atoms with van der Waals surface area (Å²) in [5, 5.41) is 12.5. The van der Waals surface area contributed by atoms with Crippen LogP contribution in [-0.4, -0.2) is 29.6 Å². The Labute approximate surface area is 186 Å². The van der Waals surface area contributed by atoms with Crippen molar-refractivity contribution in [2.75, 3.05) is 0 Å². The van der Waals surface area contributed by atoms with E-state index in [2.05, 4.69) is 34.6 Å². The van der Waals surface area contributed by atoms with Crippen molar-refractivity contribution in [3.63, 3.8) is 0 Å². The molecule has 0 N–H and O–H groups in total. The van der Waals surface area contributed by atoms with Crippen LogP contribution in [0.15, 0.2) is 47.4 Å². The minimum absolute atomic E-state index is 0.274. The topological polar surface area (TPSA) is 79.8 Å². The number of benzene rings is 2. The normalized spacial score (nSPS) is 13.5. The van der Waals surface area contributed by atoms with Crippen LogP contribution >= 0.6 is 0 Å². The van der Waals surface area contributed by atoms with E-state index in [1.54, 1.807) is 7.05 Å². The summed E-state index contributed by atoms with van der Waals surface area (Å²) in [5.41, 5.74) is 6.86. The zero-order valence-corrected chi connectivity index (χ0v) is 18.7. The first-order chi connectivity index (χ1) is 15.4. The molecule has 0 radical (unpaired) electrons. The summed E-state index contributed by atoms with van der Waals surface area (Å²) in [6.45, 7) is 6.45. The van der Waals surface area contributed by atoms with Gasteiger partial charge in [0.05, 0.1) is 17.1 Å². The van der Waals surface area contributed by atoms with Crippen molar-refractivity contribution in [1.82, 2.24) is 29.6 Å². The maximum Gasteiger partial charge on any atom is 0.368 e. The van der Waals surface area contributed by atoms with Gasteiger partial charge in [-0.2, -0.15) is 14.5 Å². The summed E-state index contributed by atoms with van der Waals surface area (Å²) in [6.07, 6.45) is 4.34. The third-order valence-electron chi connectivity index (χ3n) is 6.09. The van der Waals surface area contributed by atoms with Crippen LogP contribution in [0.25, 0.3) is 11.4 Å². The summed E-state index contributed by atoms with van der Waals surface area (Å²) in [7, 11) is 1.60. The number of aromatic nitrogens is 6. The molecule has 32 heavy (non-hydrogen) atoms. The van der Waals surface area contributed by atoms with Crippen molar-refractivity contribution in [2.24, 2.45) is 7.05 Å². The van der Waals surface area contributed by atoms with Crippen molar-refractivity contribution >= 4 is 0 Å². The van der Waals surface area contributed by atoms with Crippen LogP contribution in [-0.2, 0) is 13.7 Å². The fourth-order valence-electron chi connectivity index (χ4n) is 3.96.